The first-order chi connectivity index (χ1) is 12.0. The van der Waals surface area contributed by atoms with Gasteiger partial charge in [-0.25, -0.2) is 0 Å². The maximum absolute atomic E-state index is 12.8. The number of aromatic nitrogens is 1. The van der Waals surface area contributed by atoms with Gasteiger partial charge in [-0.05, 0) is 42.5 Å². The summed E-state index contributed by atoms with van der Waals surface area (Å²) in [7, 11) is 0. The van der Waals surface area contributed by atoms with Crippen LogP contribution in [-0.4, -0.2) is 17.1 Å². The first-order valence-electron chi connectivity index (χ1n) is 8.73. The quantitative estimate of drug-likeness (QED) is 0.907. The number of carbonyl (C=O) groups excluding carboxylic acids is 1. The van der Waals surface area contributed by atoms with Crippen LogP contribution in [0.1, 0.15) is 41.8 Å². The van der Waals surface area contributed by atoms with E-state index in [1.807, 2.05) is 18.2 Å². The number of anilines is 1. The van der Waals surface area contributed by atoms with Gasteiger partial charge in [-0.2, -0.15) is 0 Å². The van der Waals surface area contributed by atoms with Crippen molar-refractivity contribution in [1.29, 1.82) is 0 Å². The molecular weight excluding hydrogens is 316 g/mol. The minimum Gasteiger partial charge on any atom is -0.491 e. The van der Waals surface area contributed by atoms with Crippen LogP contribution in [-0.2, 0) is 13.0 Å². The Morgan fingerprint density at radius 2 is 2.12 bits per heavy atom. The largest absolute Gasteiger partial charge is 0.491 e. The van der Waals surface area contributed by atoms with E-state index in [1.54, 1.807) is 23.8 Å². The molecule has 1 aromatic carbocycles. The number of rotatable bonds is 5. The monoisotopic (exact) mass is 340 g/mol. The Bertz CT molecular complexity index is 853. The fourth-order valence-corrected chi connectivity index (χ4v) is 3.01. The summed E-state index contributed by atoms with van der Waals surface area (Å²) >= 11 is 0. The van der Waals surface area contributed by atoms with Crippen molar-refractivity contribution in [2.45, 2.75) is 40.2 Å². The summed E-state index contributed by atoms with van der Waals surface area (Å²) in [4.78, 5) is 25.5. The van der Waals surface area contributed by atoms with Crippen LogP contribution in [0.4, 0.5) is 5.69 Å². The van der Waals surface area contributed by atoms with E-state index in [2.05, 4.69) is 19.2 Å². The molecule has 0 atom stereocenters. The van der Waals surface area contributed by atoms with Crippen LogP contribution in [0.3, 0.4) is 0 Å². The predicted octanol–water partition coefficient (Wildman–Crippen LogP) is 3.39. The average Bonchev–Trinajstić information content (AvgIpc) is 3.03. The molecule has 5 heteroatoms. The van der Waals surface area contributed by atoms with Gasteiger partial charge in [0.15, 0.2) is 0 Å². The molecule has 0 saturated carbocycles. The van der Waals surface area contributed by atoms with Crippen molar-refractivity contribution in [2.75, 3.05) is 11.9 Å². The molecule has 0 aliphatic carbocycles. The number of nitrogens with one attached hydrogen (secondary N) is 1. The molecule has 1 aliphatic heterocycles. The van der Waals surface area contributed by atoms with Gasteiger partial charge in [0.05, 0.1) is 12.3 Å². The molecule has 0 radical (unpaired) electrons. The highest BCUT2D eigenvalue weighted by molar-refractivity contribution is 6.05. The van der Waals surface area contributed by atoms with Gasteiger partial charge in [-0.15, -0.1) is 0 Å². The molecule has 5 nitrogen and oxygen atoms in total. The van der Waals surface area contributed by atoms with Crippen molar-refractivity contribution in [3.8, 4) is 5.75 Å². The molecule has 0 bridgehead atoms. The SMILES string of the molecule is Cc1ccn(CCC(C)C)c(=O)c1C(=O)Nc1cccc2c1OCC2. The fraction of sp³-hybridized carbons (Fsp3) is 0.400. The van der Waals surface area contributed by atoms with Crippen LogP contribution in [0.5, 0.6) is 5.75 Å². The lowest BCUT2D eigenvalue weighted by Crippen LogP contribution is -2.30. The van der Waals surface area contributed by atoms with Crippen LogP contribution >= 0.6 is 0 Å². The molecule has 1 N–H and O–H groups in total. The minimum absolute atomic E-state index is 0.196. The number of hydrogen-bond acceptors (Lipinski definition) is 3. The number of nitrogens with zero attached hydrogens (tertiary/aromatic N) is 1. The molecule has 0 unspecified atom stereocenters. The van der Waals surface area contributed by atoms with Crippen molar-refractivity contribution in [2.24, 2.45) is 5.92 Å². The van der Waals surface area contributed by atoms with Crippen LogP contribution in [0, 0.1) is 12.8 Å². The molecule has 1 aliphatic rings. The molecule has 0 spiro atoms. The van der Waals surface area contributed by atoms with E-state index >= 15 is 0 Å². The van der Waals surface area contributed by atoms with Gasteiger partial charge in [-0.1, -0.05) is 26.0 Å². The summed E-state index contributed by atoms with van der Waals surface area (Å²) in [5.41, 5.74) is 2.33. The van der Waals surface area contributed by atoms with Gasteiger partial charge in [-0.3, -0.25) is 9.59 Å². The molecule has 1 aromatic heterocycles. The summed E-state index contributed by atoms with van der Waals surface area (Å²) < 4.78 is 7.24. The Morgan fingerprint density at radius 1 is 1.32 bits per heavy atom. The van der Waals surface area contributed by atoms with Crippen LogP contribution in [0.15, 0.2) is 35.3 Å². The third kappa shape index (κ3) is 3.60. The lowest BCUT2D eigenvalue weighted by molar-refractivity contribution is 0.102. The zero-order valence-electron chi connectivity index (χ0n) is 15.0. The molecule has 0 fully saturated rings. The average molecular weight is 340 g/mol. The number of fused-ring (bicyclic) bond motifs is 1. The van der Waals surface area contributed by atoms with E-state index in [9.17, 15) is 9.59 Å². The summed E-state index contributed by atoms with van der Waals surface area (Å²) in [6.45, 7) is 7.25. The van der Waals surface area contributed by atoms with Crippen LogP contribution in [0.2, 0.25) is 0 Å². The zero-order chi connectivity index (χ0) is 18.0. The number of aryl methyl sites for hydroxylation is 2. The summed E-state index contributed by atoms with van der Waals surface area (Å²) in [5.74, 6) is 0.824. The van der Waals surface area contributed by atoms with Crippen molar-refractivity contribution in [1.82, 2.24) is 4.57 Å². The van der Waals surface area contributed by atoms with Crippen LogP contribution < -0.4 is 15.6 Å². The standard InChI is InChI=1S/C20H24N2O3/c1-13(2)7-10-22-11-8-14(3)17(20(22)24)19(23)21-16-6-4-5-15-9-12-25-18(15)16/h4-6,8,11,13H,7,9-10,12H2,1-3H3,(H,21,23). The van der Waals surface area contributed by atoms with E-state index in [0.717, 1.165) is 18.4 Å². The molecule has 3 rings (SSSR count). The molecule has 2 heterocycles. The Balaban J connectivity index is 1.89. The number of carbonyl (C=O) groups is 1. The second-order valence-electron chi connectivity index (χ2n) is 6.90. The normalized spacial score (nSPS) is 12.8. The first kappa shape index (κ1) is 17.3. The van der Waals surface area contributed by atoms with Crippen molar-refractivity contribution in [3.63, 3.8) is 0 Å². The molecule has 25 heavy (non-hydrogen) atoms. The van der Waals surface area contributed by atoms with Gasteiger partial charge in [0.2, 0.25) is 0 Å². The lowest BCUT2D eigenvalue weighted by atomic mass is 10.1. The van der Waals surface area contributed by atoms with E-state index in [0.29, 0.717) is 36.1 Å². The molecule has 2 aromatic rings. The van der Waals surface area contributed by atoms with Gasteiger partial charge in [0, 0.05) is 19.2 Å². The molecule has 1 amide bonds. The van der Waals surface area contributed by atoms with Gasteiger partial charge >= 0.3 is 0 Å². The number of pyridine rings is 1. The summed E-state index contributed by atoms with van der Waals surface area (Å²) in [6.07, 6.45) is 3.50. The lowest BCUT2D eigenvalue weighted by Gasteiger charge is -2.13. The third-order valence-corrected chi connectivity index (χ3v) is 4.51. The smallest absolute Gasteiger partial charge is 0.263 e. The van der Waals surface area contributed by atoms with E-state index in [-0.39, 0.29) is 17.0 Å². The first-order valence-corrected chi connectivity index (χ1v) is 8.73. The second kappa shape index (κ2) is 7.13. The van der Waals surface area contributed by atoms with E-state index in [1.165, 1.54) is 0 Å². The minimum atomic E-state index is -0.384. The van der Waals surface area contributed by atoms with Crippen molar-refractivity contribution >= 4 is 11.6 Å². The highest BCUT2D eigenvalue weighted by Gasteiger charge is 2.21. The maximum Gasteiger partial charge on any atom is 0.263 e. The Kier molecular flexibility index (Phi) is 4.93. The number of benzene rings is 1. The topological polar surface area (TPSA) is 60.3 Å². The summed E-state index contributed by atoms with van der Waals surface area (Å²) in [6, 6.07) is 7.51. The van der Waals surface area contributed by atoms with Gasteiger partial charge < -0.3 is 14.6 Å². The number of ether oxygens (including phenoxy) is 1. The van der Waals surface area contributed by atoms with Crippen LogP contribution in [0.25, 0.3) is 0 Å². The number of hydrogen-bond donors (Lipinski definition) is 1. The van der Waals surface area contributed by atoms with Crippen molar-refractivity contribution < 1.29 is 9.53 Å². The molecule has 132 valence electrons. The van der Waals surface area contributed by atoms with Gasteiger partial charge in [0.25, 0.3) is 11.5 Å². The predicted molar refractivity (Wildman–Crippen MR) is 98.5 cm³/mol. The maximum atomic E-state index is 12.8. The molecular formula is C20H24N2O3. The highest BCUT2D eigenvalue weighted by Crippen LogP contribution is 2.33. The molecule has 0 saturated heterocycles. The number of para-hydroxylation sites is 1. The third-order valence-electron chi connectivity index (χ3n) is 4.51. The summed E-state index contributed by atoms with van der Waals surface area (Å²) in [5, 5.41) is 2.86. The van der Waals surface area contributed by atoms with Crippen molar-refractivity contribution in [3.05, 3.63) is 57.5 Å². The number of amides is 1. The Morgan fingerprint density at radius 3 is 2.88 bits per heavy atom. The Hall–Kier alpha value is -2.56. The van der Waals surface area contributed by atoms with E-state index in [4.69, 9.17) is 4.74 Å². The fourth-order valence-electron chi connectivity index (χ4n) is 3.01. The van der Waals surface area contributed by atoms with Gasteiger partial charge in [0.1, 0.15) is 11.3 Å². The second-order valence-corrected chi connectivity index (χ2v) is 6.90. The van der Waals surface area contributed by atoms with E-state index < -0.39 is 0 Å². The Labute approximate surface area is 147 Å². The highest BCUT2D eigenvalue weighted by atomic mass is 16.5. The zero-order valence-corrected chi connectivity index (χ0v) is 15.0.